The Balaban J connectivity index is 1.63. The number of hydrazone groups is 1. The predicted octanol–water partition coefficient (Wildman–Crippen LogP) is 7.26. The third-order valence-electron chi connectivity index (χ3n) is 7.35. The van der Waals surface area contributed by atoms with Crippen molar-refractivity contribution in [2.45, 2.75) is 71.2 Å². The Kier molecular flexibility index (Phi) is 11.4. The number of ether oxygens (including phenoxy) is 1. The van der Waals surface area contributed by atoms with Crippen molar-refractivity contribution in [3.63, 3.8) is 0 Å². The van der Waals surface area contributed by atoms with E-state index in [0.717, 1.165) is 37.0 Å². The van der Waals surface area contributed by atoms with Crippen LogP contribution in [0.15, 0.2) is 65.4 Å². The number of aromatic carboxylic acids is 1. The average Bonchev–Trinajstić information content (AvgIpc) is 3.26. The lowest BCUT2D eigenvalue weighted by atomic mass is 10.0. The van der Waals surface area contributed by atoms with E-state index in [4.69, 9.17) is 9.84 Å². The maximum atomic E-state index is 13.2. The molecule has 0 spiro atoms. The number of benzene rings is 2. The second kappa shape index (κ2) is 14.5. The standard InChI is InChI=1S/C32H41F3N4O4/c1-6-7-9-24(3)39(36-19-25-10-8-11-27(18-25)32(33,34)35)21-23(2)20-37(5)17-16-31(4)22-38(30(42)43-31)28-14-12-26(13-15-28)29(40)41/h8,10-15,18-19,21,24H,6-7,9,16-17,20,22H2,1-5H3,(H,40,41)/b23-21+,36-19+. The summed E-state index contributed by atoms with van der Waals surface area (Å²) in [4.78, 5) is 27.4. The summed E-state index contributed by atoms with van der Waals surface area (Å²) in [6.45, 7) is 9.61. The van der Waals surface area contributed by atoms with Crippen LogP contribution in [0.3, 0.4) is 0 Å². The molecule has 1 heterocycles. The first-order chi connectivity index (χ1) is 20.2. The van der Waals surface area contributed by atoms with Crippen LogP contribution >= 0.6 is 0 Å². The molecule has 11 heteroatoms. The number of carbonyl (C=O) groups is 2. The molecule has 2 unspecified atom stereocenters. The van der Waals surface area contributed by atoms with Gasteiger partial charge in [0.1, 0.15) is 5.60 Å². The topological polar surface area (TPSA) is 85.7 Å². The number of alkyl halides is 3. The van der Waals surface area contributed by atoms with E-state index in [2.05, 4.69) is 16.9 Å². The van der Waals surface area contributed by atoms with Crippen molar-refractivity contribution >= 4 is 24.0 Å². The molecule has 2 aromatic carbocycles. The molecule has 0 aliphatic carbocycles. The molecule has 1 amide bonds. The first-order valence-corrected chi connectivity index (χ1v) is 14.4. The zero-order chi connectivity index (χ0) is 31.8. The highest BCUT2D eigenvalue weighted by Gasteiger charge is 2.42. The monoisotopic (exact) mass is 602 g/mol. The molecular formula is C32H41F3N4O4. The zero-order valence-corrected chi connectivity index (χ0v) is 25.4. The lowest BCUT2D eigenvalue weighted by Crippen LogP contribution is -2.36. The fourth-order valence-corrected chi connectivity index (χ4v) is 4.84. The number of anilines is 1. The van der Waals surface area contributed by atoms with Gasteiger partial charge in [0.05, 0.1) is 23.9 Å². The smallest absolute Gasteiger partial charge is 0.416 e. The van der Waals surface area contributed by atoms with Crippen molar-refractivity contribution in [3.8, 4) is 0 Å². The molecule has 3 rings (SSSR count). The van der Waals surface area contributed by atoms with Crippen LogP contribution in [0.1, 0.15) is 74.9 Å². The number of carboxylic acid groups (broad SMARTS) is 1. The molecule has 234 valence electrons. The van der Waals surface area contributed by atoms with Crippen LogP contribution < -0.4 is 4.90 Å². The first kappa shape index (κ1) is 33.6. The molecule has 2 aromatic rings. The molecule has 1 aliphatic heterocycles. The molecule has 0 bridgehead atoms. The van der Waals surface area contributed by atoms with Crippen LogP contribution in [-0.4, -0.2) is 71.6 Å². The number of hydrogen-bond donors (Lipinski definition) is 1. The minimum absolute atomic E-state index is 0.0506. The highest BCUT2D eigenvalue weighted by molar-refractivity contribution is 5.92. The van der Waals surface area contributed by atoms with Gasteiger partial charge in [-0.15, -0.1) is 0 Å². The summed E-state index contributed by atoms with van der Waals surface area (Å²) in [5, 5.41) is 15.5. The Labute approximate surface area is 251 Å². The van der Waals surface area contributed by atoms with E-state index in [1.165, 1.54) is 29.3 Å². The van der Waals surface area contributed by atoms with Gasteiger partial charge in [0.25, 0.3) is 0 Å². The maximum absolute atomic E-state index is 13.2. The molecular weight excluding hydrogens is 561 g/mol. The van der Waals surface area contributed by atoms with Gasteiger partial charge in [0, 0.05) is 37.4 Å². The van der Waals surface area contributed by atoms with Gasteiger partial charge in [-0.3, -0.25) is 9.91 Å². The van der Waals surface area contributed by atoms with Gasteiger partial charge in [0.2, 0.25) is 0 Å². The minimum atomic E-state index is -4.42. The zero-order valence-electron chi connectivity index (χ0n) is 25.4. The average molecular weight is 603 g/mol. The quantitative estimate of drug-likeness (QED) is 0.181. The summed E-state index contributed by atoms with van der Waals surface area (Å²) in [5.74, 6) is -1.03. The summed E-state index contributed by atoms with van der Waals surface area (Å²) >= 11 is 0. The largest absolute Gasteiger partial charge is 0.478 e. The van der Waals surface area contributed by atoms with Crippen LogP contribution in [0.4, 0.5) is 23.7 Å². The van der Waals surface area contributed by atoms with Crippen molar-refractivity contribution in [2.24, 2.45) is 5.10 Å². The molecule has 0 aromatic heterocycles. The molecule has 1 aliphatic rings. The predicted molar refractivity (Wildman–Crippen MR) is 161 cm³/mol. The highest BCUT2D eigenvalue weighted by Crippen LogP contribution is 2.31. The minimum Gasteiger partial charge on any atom is -0.478 e. The van der Waals surface area contributed by atoms with E-state index in [0.29, 0.717) is 37.3 Å². The summed E-state index contributed by atoms with van der Waals surface area (Å²) in [7, 11) is 1.97. The normalized spacial score (nSPS) is 18.4. The molecule has 1 fully saturated rings. The van der Waals surface area contributed by atoms with Gasteiger partial charge in [-0.05, 0) is 81.8 Å². The number of unbranched alkanes of at least 4 members (excludes halogenated alkanes) is 1. The van der Waals surface area contributed by atoms with Crippen molar-refractivity contribution in [2.75, 3.05) is 31.6 Å². The number of amides is 1. The Morgan fingerprint density at radius 3 is 2.56 bits per heavy atom. The first-order valence-electron chi connectivity index (χ1n) is 14.4. The number of nitrogens with zero attached hydrogens (tertiary/aromatic N) is 4. The third-order valence-corrected chi connectivity index (χ3v) is 7.35. The van der Waals surface area contributed by atoms with E-state index in [1.54, 1.807) is 18.2 Å². The molecule has 2 atom stereocenters. The van der Waals surface area contributed by atoms with Crippen LogP contribution in [0.5, 0.6) is 0 Å². The van der Waals surface area contributed by atoms with E-state index >= 15 is 0 Å². The van der Waals surface area contributed by atoms with Gasteiger partial charge in [-0.2, -0.15) is 18.3 Å². The Hall–Kier alpha value is -3.86. The van der Waals surface area contributed by atoms with Crippen molar-refractivity contribution in [1.29, 1.82) is 0 Å². The van der Waals surface area contributed by atoms with Gasteiger partial charge in [-0.25, -0.2) is 9.59 Å². The number of carbonyl (C=O) groups excluding carboxylic acids is 1. The number of likely N-dealkylation sites (N-methyl/N-ethyl adjacent to an activating group) is 1. The second-order valence-electron chi connectivity index (χ2n) is 11.5. The number of hydrogen-bond acceptors (Lipinski definition) is 6. The molecule has 0 radical (unpaired) electrons. The Bertz CT molecular complexity index is 1310. The molecule has 43 heavy (non-hydrogen) atoms. The van der Waals surface area contributed by atoms with Crippen LogP contribution in [0, 0.1) is 0 Å². The summed E-state index contributed by atoms with van der Waals surface area (Å²) in [6, 6.07) is 11.3. The van der Waals surface area contributed by atoms with Crippen molar-refractivity contribution in [1.82, 2.24) is 9.91 Å². The van der Waals surface area contributed by atoms with E-state index in [1.807, 2.05) is 39.0 Å². The molecule has 0 saturated carbocycles. The SMILES string of the molecule is CCCCC(C)N(/C=C(\C)CN(C)CCC1(C)CN(c2ccc(C(=O)O)cc2)C(=O)O1)/N=C/c1cccc(C(F)(F)F)c1. The van der Waals surface area contributed by atoms with E-state index in [9.17, 15) is 22.8 Å². The van der Waals surface area contributed by atoms with Crippen molar-refractivity contribution in [3.05, 3.63) is 77.0 Å². The van der Waals surface area contributed by atoms with E-state index < -0.39 is 29.4 Å². The van der Waals surface area contributed by atoms with Crippen LogP contribution in [0.2, 0.25) is 0 Å². The Morgan fingerprint density at radius 1 is 1.23 bits per heavy atom. The van der Waals surface area contributed by atoms with Gasteiger partial charge < -0.3 is 14.7 Å². The molecule has 1 saturated heterocycles. The van der Waals surface area contributed by atoms with Crippen molar-refractivity contribution < 1.29 is 32.6 Å². The van der Waals surface area contributed by atoms with Crippen LogP contribution in [-0.2, 0) is 10.9 Å². The number of carboxylic acids is 1. The number of cyclic esters (lactones) is 1. The number of rotatable bonds is 14. The molecule has 8 nitrogen and oxygen atoms in total. The fourth-order valence-electron chi connectivity index (χ4n) is 4.84. The summed E-state index contributed by atoms with van der Waals surface area (Å²) in [5.41, 5.74) is 0.677. The maximum Gasteiger partial charge on any atom is 0.416 e. The lowest BCUT2D eigenvalue weighted by Gasteiger charge is -2.27. The second-order valence-corrected chi connectivity index (χ2v) is 11.5. The summed E-state index contributed by atoms with van der Waals surface area (Å²) < 4.78 is 45.2. The Morgan fingerprint density at radius 2 is 1.93 bits per heavy atom. The summed E-state index contributed by atoms with van der Waals surface area (Å²) in [6.07, 6.45) is 1.99. The van der Waals surface area contributed by atoms with Crippen LogP contribution in [0.25, 0.3) is 0 Å². The van der Waals surface area contributed by atoms with E-state index in [-0.39, 0.29) is 11.6 Å². The fraction of sp³-hybridized carbons (Fsp3) is 0.469. The van der Waals surface area contributed by atoms with Gasteiger partial charge >= 0.3 is 18.2 Å². The van der Waals surface area contributed by atoms with Gasteiger partial charge in [0.15, 0.2) is 0 Å². The highest BCUT2D eigenvalue weighted by atomic mass is 19.4. The van der Waals surface area contributed by atoms with Gasteiger partial charge in [-0.1, -0.05) is 31.9 Å². The third kappa shape index (κ3) is 9.84. The molecule has 1 N–H and O–H groups in total. The lowest BCUT2D eigenvalue weighted by molar-refractivity contribution is -0.137. The number of halogens is 3.